The molecule has 0 radical (unpaired) electrons. The number of hydrogen-bond donors (Lipinski definition) is 1. The second-order valence-electron chi connectivity index (χ2n) is 5.66. The molecule has 1 saturated heterocycles. The van der Waals surface area contributed by atoms with Gasteiger partial charge in [0.05, 0.1) is 6.61 Å². The van der Waals surface area contributed by atoms with Crippen molar-refractivity contribution in [1.82, 2.24) is 4.90 Å². The molecule has 2 rings (SSSR count). The number of nitrogens with zero attached hydrogens (tertiary/aromatic N) is 1. The summed E-state index contributed by atoms with van der Waals surface area (Å²) < 4.78 is 18.5. The van der Waals surface area contributed by atoms with Crippen molar-refractivity contribution in [3.63, 3.8) is 0 Å². The Kier molecular flexibility index (Phi) is 4.91. The monoisotopic (exact) mass is 266 g/mol. The average Bonchev–Trinajstić information content (AvgIpc) is 2.42. The normalized spacial score (nSPS) is 23.8. The number of rotatable bonds is 5. The first-order chi connectivity index (χ1) is 9.13. The van der Waals surface area contributed by atoms with Gasteiger partial charge in [-0.05, 0) is 37.6 Å². The first-order valence-corrected chi connectivity index (χ1v) is 6.84. The molecular weight excluding hydrogens is 243 g/mol. The van der Waals surface area contributed by atoms with Gasteiger partial charge in [0.2, 0.25) is 0 Å². The molecule has 0 amide bonds. The number of benzene rings is 1. The van der Waals surface area contributed by atoms with Gasteiger partial charge in [0.1, 0.15) is 5.82 Å². The van der Waals surface area contributed by atoms with Gasteiger partial charge in [-0.1, -0.05) is 12.1 Å². The Morgan fingerprint density at radius 3 is 2.68 bits per heavy atom. The standard InChI is InChI=1S/C15H23FN2O/c1-18(9-13-3-5-14(16)6-4-13)11-15(10-17)7-2-8-19-12-15/h3-6H,2,7-12,17H2,1H3. The van der Waals surface area contributed by atoms with Gasteiger partial charge in [-0.25, -0.2) is 4.39 Å². The lowest BCUT2D eigenvalue weighted by atomic mass is 9.82. The third-order valence-electron chi connectivity index (χ3n) is 3.81. The molecule has 0 aromatic heterocycles. The van der Waals surface area contributed by atoms with Gasteiger partial charge >= 0.3 is 0 Å². The van der Waals surface area contributed by atoms with Crippen molar-refractivity contribution >= 4 is 0 Å². The molecule has 106 valence electrons. The predicted molar refractivity (Wildman–Crippen MR) is 74.3 cm³/mol. The maximum Gasteiger partial charge on any atom is 0.123 e. The van der Waals surface area contributed by atoms with Crippen molar-refractivity contribution in [2.75, 3.05) is 33.4 Å². The molecule has 1 atom stereocenters. The van der Waals surface area contributed by atoms with E-state index in [-0.39, 0.29) is 11.2 Å². The molecule has 1 fully saturated rings. The fourth-order valence-electron chi connectivity index (χ4n) is 2.79. The Hall–Kier alpha value is -0.970. The predicted octanol–water partition coefficient (Wildman–Crippen LogP) is 2.01. The fourth-order valence-corrected chi connectivity index (χ4v) is 2.79. The SMILES string of the molecule is CN(Cc1ccc(F)cc1)CC1(CN)CCCOC1. The Labute approximate surface area is 114 Å². The Balaban J connectivity index is 1.92. The molecule has 1 aromatic carbocycles. The minimum atomic E-state index is -0.189. The van der Waals surface area contributed by atoms with Crippen molar-refractivity contribution < 1.29 is 9.13 Å². The fraction of sp³-hybridized carbons (Fsp3) is 0.600. The van der Waals surface area contributed by atoms with E-state index < -0.39 is 0 Å². The maximum atomic E-state index is 12.9. The van der Waals surface area contributed by atoms with Gasteiger partial charge in [-0.3, -0.25) is 0 Å². The van der Waals surface area contributed by atoms with Crippen LogP contribution < -0.4 is 5.73 Å². The Bertz CT molecular complexity index is 388. The van der Waals surface area contributed by atoms with E-state index in [1.54, 1.807) is 0 Å². The molecule has 4 heteroatoms. The highest BCUT2D eigenvalue weighted by molar-refractivity contribution is 5.15. The quantitative estimate of drug-likeness (QED) is 0.886. The lowest BCUT2D eigenvalue weighted by Gasteiger charge is -2.39. The number of ether oxygens (including phenoxy) is 1. The van der Waals surface area contributed by atoms with Crippen molar-refractivity contribution in [3.05, 3.63) is 35.6 Å². The van der Waals surface area contributed by atoms with E-state index in [1.807, 2.05) is 12.1 Å². The summed E-state index contributed by atoms with van der Waals surface area (Å²) in [7, 11) is 2.08. The van der Waals surface area contributed by atoms with Crippen LogP contribution in [0.5, 0.6) is 0 Å². The van der Waals surface area contributed by atoms with E-state index >= 15 is 0 Å². The first kappa shape index (κ1) is 14.4. The molecule has 0 saturated carbocycles. The largest absolute Gasteiger partial charge is 0.381 e. The average molecular weight is 266 g/mol. The summed E-state index contributed by atoms with van der Waals surface area (Å²) in [5.41, 5.74) is 7.14. The van der Waals surface area contributed by atoms with Crippen molar-refractivity contribution in [3.8, 4) is 0 Å². The molecule has 0 bridgehead atoms. The molecule has 19 heavy (non-hydrogen) atoms. The van der Waals surface area contributed by atoms with Crippen LogP contribution in [0.25, 0.3) is 0 Å². The van der Waals surface area contributed by atoms with Crippen molar-refractivity contribution in [2.24, 2.45) is 11.1 Å². The molecule has 0 aliphatic carbocycles. The summed E-state index contributed by atoms with van der Waals surface area (Å²) in [6, 6.07) is 6.67. The summed E-state index contributed by atoms with van der Waals surface area (Å²) in [6.07, 6.45) is 2.21. The molecule has 1 aliphatic heterocycles. The third kappa shape index (κ3) is 4.00. The first-order valence-electron chi connectivity index (χ1n) is 6.84. The highest BCUT2D eigenvalue weighted by atomic mass is 19.1. The van der Waals surface area contributed by atoms with E-state index in [0.29, 0.717) is 6.54 Å². The van der Waals surface area contributed by atoms with Crippen LogP contribution in [-0.4, -0.2) is 38.3 Å². The molecule has 3 nitrogen and oxygen atoms in total. The lowest BCUT2D eigenvalue weighted by Crippen LogP contribution is -2.46. The minimum absolute atomic E-state index is 0.0764. The van der Waals surface area contributed by atoms with E-state index in [4.69, 9.17) is 10.5 Å². The van der Waals surface area contributed by atoms with Crippen LogP contribution in [0.4, 0.5) is 4.39 Å². The molecule has 0 spiro atoms. The zero-order valence-corrected chi connectivity index (χ0v) is 11.6. The van der Waals surface area contributed by atoms with Gasteiger partial charge in [0.25, 0.3) is 0 Å². The zero-order chi connectivity index (χ0) is 13.7. The second-order valence-corrected chi connectivity index (χ2v) is 5.66. The van der Waals surface area contributed by atoms with Gasteiger partial charge in [0, 0.05) is 31.7 Å². The Morgan fingerprint density at radius 2 is 2.11 bits per heavy atom. The molecule has 1 aromatic rings. The van der Waals surface area contributed by atoms with E-state index in [2.05, 4.69) is 11.9 Å². The summed E-state index contributed by atoms with van der Waals surface area (Å²) >= 11 is 0. The van der Waals surface area contributed by atoms with Gasteiger partial charge in [0.15, 0.2) is 0 Å². The third-order valence-corrected chi connectivity index (χ3v) is 3.81. The maximum absolute atomic E-state index is 12.9. The van der Waals surface area contributed by atoms with Crippen LogP contribution in [0, 0.1) is 11.2 Å². The van der Waals surface area contributed by atoms with Crippen LogP contribution in [0.2, 0.25) is 0 Å². The smallest absolute Gasteiger partial charge is 0.123 e. The summed E-state index contributed by atoms with van der Waals surface area (Å²) in [5, 5.41) is 0. The molecule has 2 N–H and O–H groups in total. The van der Waals surface area contributed by atoms with Crippen LogP contribution in [0.3, 0.4) is 0 Å². The molecule has 1 aliphatic rings. The molecular formula is C15H23FN2O. The molecule has 1 unspecified atom stereocenters. The number of hydrogen-bond acceptors (Lipinski definition) is 3. The van der Waals surface area contributed by atoms with Gasteiger partial charge < -0.3 is 15.4 Å². The van der Waals surface area contributed by atoms with E-state index in [9.17, 15) is 4.39 Å². The summed E-state index contributed by atoms with van der Waals surface area (Å²) in [6.45, 7) is 3.98. The van der Waals surface area contributed by atoms with Crippen molar-refractivity contribution in [2.45, 2.75) is 19.4 Å². The van der Waals surface area contributed by atoms with Crippen molar-refractivity contribution in [1.29, 1.82) is 0 Å². The van der Waals surface area contributed by atoms with Crippen LogP contribution in [0.1, 0.15) is 18.4 Å². The van der Waals surface area contributed by atoms with E-state index in [0.717, 1.165) is 44.7 Å². The van der Waals surface area contributed by atoms with Crippen LogP contribution >= 0.6 is 0 Å². The van der Waals surface area contributed by atoms with Gasteiger partial charge in [-0.15, -0.1) is 0 Å². The minimum Gasteiger partial charge on any atom is -0.381 e. The number of nitrogens with two attached hydrogens (primary N) is 1. The second kappa shape index (κ2) is 6.46. The topological polar surface area (TPSA) is 38.5 Å². The zero-order valence-electron chi connectivity index (χ0n) is 11.6. The summed E-state index contributed by atoms with van der Waals surface area (Å²) in [5.74, 6) is -0.189. The van der Waals surface area contributed by atoms with E-state index in [1.165, 1.54) is 12.1 Å². The Morgan fingerprint density at radius 1 is 1.37 bits per heavy atom. The highest BCUT2D eigenvalue weighted by Crippen LogP contribution is 2.28. The van der Waals surface area contributed by atoms with Crippen LogP contribution in [0.15, 0.2) is 24.3 Å². The molecule has 1 heterocycles. The highest BCUT2D eigenvalue weighted by Gasteiger charge is 2.32. The lowest BCUT2D eigenvalue weighted by molar-refractivity contribution is -0.0192. The summed E-state index contributed by atoms with van der Waals surface area (Å²) in [4.78, 5) is 2.24. The van der Waals surface area contributed by atoms with Gasteiger partial charge in [-0.2, -0.15) is 0 Å². The number of halogens is 1. The van der Waals surface area contributed by atoms with Crippen LogP contribution in [-0.2, 0) is 11.3 Å².